The fourth-order valence-corrected chi connectivity index (χ4v) is 4.30. The Morgan fingerprint density at radius 2 is 1.67 bits per heavy atom. The molecule has 0 atom stereocenters. The van der Waals surface area contributed by atoms with E-state index in [1.807, 2.05) is 35.2 Å². The van der Waals surface area contributed by atoms with Crippen LogP contribution < -0.4 is 4.90 Å². The molecule has 0 bridgehead atoms. The molecule has 0 N–H and O–H groups in total. The highest BCUT2D eigenvalue weighted by molar-refractivity contribution is 7.92. The van der Waals surface area contributed by atoms with Crippen molar-refractivity contribution in [2.24, 2.45) is 0 Å². The normalized spacial score (nSPS) is 16.0. The predicted molar refractivity (Wildman–Crippen MR) is 105 cm³/mol. The Balaban J connectivity index is 1.71. The number of hydrogen-bond donors (Lipinski definition) is 0. The first-order valence-electron chi connectivity index (χ1n) is 8.66. The Morgan fingerprint density at radius 3 is 2.30 bits per heavy atom. The van der Waals surface area contributed by atoms with Gasteiger partial charge < -0.3 is 4.90 Å². The van der Waals surface area contributed by atoms with Crippen molar-refractivity contribution in [3.8, 4) is 0 Å². The number of piperazine rings is 1. The van der Waals surface area contributed by atoms with Crippen LogP contribution in [0.5, 0.6) is 0 Å². The molecule has 0 saturated carbocycles. The van der Waals surface area contributed by atoms with Crippen molar-refractivity contribution in [3.63, 3.8) is 0 Å². The third-order valence-corrected chi connectivity index (χ3v) is 6.08. The first-order valence-corrected chi connectivity index (χ1v) is 10.2. The number of anilines is 1. The Kier molecular flexibility index (Phi) is 5.72. The summed E-state index contributed by atoms with van der Waals surface area (Å²) in [6.07, 6.45) is 1.57. The minimum Gasteiger partial charge on any atom is -0.368 e. The standard InChI is InChI=1S/C20H21FN2O3S/c1-16(24)20-18(21)8-5-9-19(20)22-11-13-23(14-12-22)27(25,26)15-10-17-6-3-2-4-7-17/h2-10,15H,11-14H2,1H3/b15-10+. The van der Waals surface area contributed by atoms with Gasteiger partial charge in [-0.2, -0.15) is 4.31 Å². The van der Waals surface area contributed by atoms with Crippen LogP contribution in [-0.4, -0.2) is 44.7 Å². The number of nitrogens with zero attached hydrogens (tertiary/aromatic N) is 2. The van der Waals surface area contributed by atoms with Crippen molar-refractivity contribution >= 4 is 27.6 Å². The van der Waals surface area contributed by atoms with E-state index in [0.29, 0.717) is 18.8 Å². The Labute approximate surface area is 158 Å². The summed E-state index contributed by atoms with van der Waals surface area (Å²) in [6, 6.07) is 13.7. The number of sulfonamides is 1. The van der Waals surface area contributed by atoms with Crippen LogP contribution in [0.3, 0.4) is 0 Å². The molecular weight excluding hydrogens is 367 g/mol. The first-order chi connectivity index (χ1) is 12.9. The van der Waals surface area contributed by atoms with Crippen molar-refractivity contribution in [1.29, 1.82) is 0 Å². The third kappa shape index (κ3) is 4.43. The summed E-state index contributed by atoms with van der Waals surface area (Å²) in [4.78, 5) is 13.6. The molecule has 2 aromatic carbocycles. The zero-order valence-corrected chi connectivity index (χ0v) is 15.8. The quantitative estimate of drug-likeness (QED) is 0.739. The highest BCUT2D eigenvalue weighted by Crippen LogP contribution is 2.25. The van der Waals surface area contributed by atoms with Gasteiger partial charge in [0, 0.05) is 31.6 Å². The second-order valence-electron chi connectivity index (χ2n) is 6.33. The van der Waals surface area contributed by atoms with Gasteiger partial charge in [0.15, 0.2) is 5.78 Å². The van der Waals surface area contributed by atoms with Crippen LogP contribution in [0, 0.1) is 5.82 Å². The average molecular weight is 388 g/mol. The van der Waals surface area contributed by atoms with Crippen LogP contribution in [0.2, 0.25) is 0 Å². The van der Waals surface area contributed by atoms with E-state index >= 15 is 0 Å². The van der Waals surface area contributed by atoms with Crippen molar-refractivity contribution in [2.45, 2.75) is 6.92 Å². The van der Waals surface area contributed by atoms with Crippen LogP contribution >= 0.6 is 0 Å². The molecule has 27 heavy (non-hydrogen) atoms. The number of carbonyl (C=O) groups excluding carboxylic acids is 1. The molecule has 0 radical (unpaired) electrons. The molecule has 0 aliphatic carbocycles. The van der Waals surface area contributed by atoms with E-state index in [2.05, 4.69) is 0 Å². The molecule has 1 heterocycles. The summed E-state index contributed by atoms with van der Waals surface area (Å²) in [5, 5.41) is 1.21. The van der Waals surface area contributed by atoms with Gasteiger partial charge >= 0.3 is 0 Å². The average Bonchev–Trinajstić information content (AvgIpc) is 2.67. The van der Waals surface area contributed by atoms with Gasteiger partial charge in [-0.25, -0.2) is 12.8 Å². The van der Waals surface area contributed by atoms with Gasteiger partial charge in [0.1, 0.15) is 5.82 Å². The van der Waals surface area contributed by atoms with E-state index in [9.17, 15) is 17.6 Å². The molecule has 0 amide bonds. The van der Waals surface area contributed by atoms with Gasteiger partial charge in [0.2, 0.25) is 10.0 Å². The lowest BCUT2D eigenvalue weighted by atomic mass is 10.1. The minimum absolute atomic E-state index is 0.0535. The largest absolute Gasteiger partial charge is 0.368 e. The smallest absolute Gasteiger partial charge is 0.236 e. The molecule has 0 unspecified atom stereocenters. The van der Waals surface area contributed by atoms with E-state index in [1.165, 1.54) is 22.7 Å². The Bertz CT molecular complexity index is 950. The van der Waals surface area contributed by atoms with Gasteiger partial charge in [0.25, 0.3) is 0 Å². The maximum Gasteiger partial charge on any atom is 0.236 e. The summed E-state index contributed by atoms with van der Waals surface area (Å²) in [5.74, 6) is -0.898. The fraction of sp³-hybridized carbons (Fsp3) is 0.250. The molecule has 0 spiro atoms. The van der Waals surface area contributed by atoms with E-state index in [0.717, 1.165) is 5.56 Å². The van der Waals surface area contributed by atoms with Gasteiger partial charge in [-0.3, -0.25) is 4.79 Å². The number of Topliss-reactive ketones (excluding diaryl/α,β-unsaturated/α-hetero) is 1. The summed E-state index contributed by atoms with van der Waals surface area (Å²) in [5.41, 5.74) is 1.38. The zero-order chi connectivity index (χ0) is 19.4. The number of halogens is 1. The third-order valence-electron chi connectivity index (χ3n) is 4.51. The SMILES string of the molecule is CC(=O)c1c(F)cccc1N1CCN(S(=O)(=O)/C=C/c2ccccc2)CC1. The minimum atomic E-state index is -3.54. The highest BCUT2D eigenvalue weighted by Gasteiger charge is 2.27. The highest BCUT2D eigenvalue weighted by atomic mass is 32.2. The van der Waals surface area contributed by atoms with Crippen molar-refractivity contribution < 1.29 is 17.6 Å². The molecule has 0 aromatic heterocycles. The lowest BCUT2D eigenvalue weighted by Gasteiger charge is -2.35. The number of carbonyl (C=O) groups is 1. The van der Waals surface area contributed by atoms with Crippen LogP contribution in [0.15, 0.2) is 53.9 Å². The summed E-state index contributed by atoms with van der Waals surface area (Å²) >= 11 is 0. The molecular formula is C20H21FN2O3S. The molecule has 1 aliphatic heterocycles. The maximum absolute atomic E-state index is 14.0. The summed E-state index contributed by atoms with van der Waals surface area (Å²) in [6.45, 7) is 2.66. The second-order valence-corrected chi connectivity index (χ2v) is 8.15. The van der Waals surface area contributed by atoms with Crippen LogP contribution in [0.25, 0.3) is 6.08 Å². The number of benzene rings is 2. The number of hydrogen-bond acceptors (Lipinski definition) is 4. The number of rotatable bonds is 5. The van der Waals surface area contributed by atoms with Crippen LogP contribution in [0.4, 0.5) is 10.1 Å². The molecule has 1 saturated heterocycles. The van der Waals surface area contributed by atoms with E-state index in [-0.39, 0.29) is 24.4 Å². The molecule has 1 aliphatic rings. The van der Waals surface area contributed by atoms with Crippen molar-refractivity contribution in [2.75, 3.05) is 31.1 Å². The van der Waals surface area contributed by atoms with Gasteiger partial charge in [-0.05, 0) is 30.7 Å². The predicted octanol–water partition coefficient (Wildman–Crippen LogP) is 3.15. The maximum atomic E-state index is 14.0. The molecule has 5 nitrogen and oxygen atoms in total. The fourth-order valence-electron chi connectivity index (χ4n) is 3.12. The van der Waals surface area contributed by atoms with E-state index in [4.69, 9.17) is 0 Å². The molecule has 7 heteroatoms. The van der Waals surface area contributed by atoms with Crippen molar-refractivity contribution in [1.82, 2.24) is 4.31 Å². The summed E-state index contributed by atoms with van der Waals surface area (Å²) < 4.78 is 40.5. The van der Waals surface area contributed by atoms with Crippen LogP contribution in [-0.2, 0) is 10.0 Å². The molecule has 142 valence electrons. The van der Waals surface area contributed by atoms with Crippen molar-refractivity contribution in [3.05, 3.63) is 70.9 Å². The monoisotopic (exact) mass is 388 g/mol. The lowest BCUT2D eigenvalue weighted by molar-refractivity contribution is 0.101. The van der Waals surface area contributed by atoms with Crippen LogP contribution in [0.1, 0.15) is 22.8 Å². The van der Waals surface area contributed by atoms with Gasteiger partial charge in [-0.15, -0.1) is 0 Å². The number of ketones is 1. The van der Waals surface area contributed by atoms with E-state index < -0.39 is 15.8 Å². The molecule has 2 aromatic rings. The molecule has 3 rings (SSSR count). The Hall–Kier alpha value is -2.51. The summed E-state index contributed by atoms with van der Waals surface area (Å²) in [7, 11) is -3.54. The second kappa shape index (κ2) is 8.02. The Morgan fingerprint density at radius 1 is 1.00 bits per heavy atom. The van der Waals surface area contributed by atoms with Gasteiger partial charge in [0.05, 0.1) is 11.3 Å². The first kappa shape index (κ1) is 19.3. The zero-order valence-electron chi connectivity index (χ0n) is 15.0. The molecule has 1 fully saturated rings. The lowest BCUT2D eigenvalue weighted by Crippen LogP contribution is -2.48. The topological polar surface area (TPSA) is 57.7 Å². The van der Waals surface area contributed by atoms with Gasteiger partial charge in [-0.1, -0.05) is 36.4 Å². The van der Waals surface area contributed by atoms with E-state index in [1.54, 1.807) is 18.2 Å².